The molecule has 3 aliphatic rings. The molecule has 34 heavy (non-hydrogen) atoms. The average Bonchev–Trinajstić information content (AvgIpc) is 3.10. The van der Waals surface area contributed by atoms with E-state index >= 15 is 0 Å². The summed E-state index contributed by atoms with van der Waals surface area (Å²) in [7, 11) is 1.74. The summed E-state index contributed by atoms with van der Waals surface area (Å²) in [5.41, 5.74) is 2.13. The molecule has 0 spiro atoms. The van der Waals surface area contributed by atoms with Crippen LogP contribution in [0.4, 0.5) is 0 Å². The first-order valence-corrected chi connectivity index (χ1v) is 13.0. The minimum Gasteiger partial charge on any atom is -0.303 e. The summed E-state index contributed by atoms with van der Waals surface area (Å²) < 4.78 is 3.19. The minimum atomic E-state index is -0.564. The number of hydrogen-bond donors (Lipinski definition) is 0. The van der Waals surface area contributed by atoms with Gasteiger partial charge in [0.2, 0.25) is 0 Å². The van der Waals surface area contributed by atoms with Gasteiger partial charge in [-0.1, -0.05) is 37.2 Å². The molecule has 0 radical (unpaired) electrons. The SMILES string of the molecule is Cn1c(=O)n(C2CCC(=O)CC2=O)c2cccc(C#CC3CCN(CC4CCCCC4)CC3)c21. The number of ketones is 2. The van der Waals surface area contributed by atoms with Gasteiger partial charge in [-0.15, -0.1) is 0 Å². The molecule has 1 aromatic carbocycles. The van der Waals surface area contributed by atoms with Gasteiger partial charge in [0.1, 0.15) is 5.78 Å². The number of aryl methyl sites for hydroxylation is 1. The molecule has 1 unspecified atom stereocenters. The van der Waals surface area contributed by atoms with Gasteiger partial charge in [0.15, 0.2) is 5.78 Å². The number of likely N-dealkylation sites (tertiary alicyclic amines) is 1. The number of carbonyl (C=O) groups excluding carboxylic acids is 2. The summed E-state index contributed by atoms with van der Waals surface area (Å²) in [6, 6.07) is 5.19. The van der Waals surface area contributed by atoms with E-state index in [1.54, 1.807) is 16.2 Å². The lowest BCUT2D eigenvalue weighted by molar-refractivity contribution is -0.132. The van der Waals surface area contributed by atoms with Gasteiger partial charge in [-0.2, -0.15) is 0 Å². The Labute approximate surface area is 201 Å². The molecule has 0 N–H and O–H groups in total. The van der Waals surface area contributed by atoms with Crippen molar-refractivity contribution < 1.29 is 9.59 Å². The Morgan fingerprint density at radius 3 is 2.47 bits per heavy atom. The first-order valence-electron chi connectivity index (χ1n) is 13.0. The molecule has 3 fully saturated rings. The fourth-order valence-electron chi connectivity index (χ4n) is 6.15. The summed E-state index contributed by atoms with van der Waals surface area (Å²) in [5, 5.41) is 0. The maximum atomic E-state index is 13.1. The van der Waals surface area contributed by atoms with E-state index in [0.717, 1.165) is 48.4 Å². The molecule has 5 rings (SSSR count). The smallest absolute Gasteiger partial charge is 0.303 e. The van der Waals surface area contributed by atoms with E-state index in [1.807, 2.05) is 18.2 Å². The van der Waals surface area contributed by atoms with Crippen LogP contribution in [-0.4, -0.2) is 45.2 Å². The van der Waals surface area contributed by atoms with Gasteiger partial charge in [-0.05, 0) is 63.2 Å². The lowest BCUT2D eigenvalue weighted by Crippen LogP contribution is -2.37. The van der Waals surface area contributed by atoms with Gasteiger partial charge in [0.05, 0.1) is 29.1 Å². The third-order valence-electron chi connectivity index (χ3n) is 8.09. The van der Waals surface area contributed by atoms with Crippen molar-refractivity contribution in [2.24, 2.45) is 18.9 Å². The molecule has 1 aliphatic heterocycles. The number of imidazole rings is 1. The van der Waals surface area contributed by atoms with Crippen molar-refractivity contribution in [3.63, 3.8) is 0 Å². The van der Waals surface area contributed by atoms with Crippen LogP contribution in [-0.2, 0) is 16.6 Å². The van der Waals surface area contributed by atoms with Gasteiger partial charge in [-0.25, -0.2) is 4.79 Å². The molecule has 2 aliphatic carbocycles. The molecule has 2 heterocycles. The number of para-hydroxylation sites is 1. The highest BCUT2D eigenvalue weighted by Gasteiger charge is 2.31. The van der Waals surface area contributed by atoms with Crippen molar-refractivity contribution >= 4 is 22.6 Å². The Bertz CT molecular complexity index is 1200. The van der Waals surface area contributed by atoms with Crippen LogP contribution in [0.3, 0.4) is 0 Å². The van der Waals surface area contributed by atoms with Crippen molar-refractivity contribution in [3.05, 3.63) is 34.2 Å². The Hall–Kier alpha value is -2.65. The van der Waals surface area contributed by atoms with E-state index in [0.29, 0.717) is 18.8 Å². The number of fused-ring (bicyclic) bond motifs is 1. The number of hydrogen-bond acceptors (Lipinski definition) is 4. The van der Waals surface area contributed by atoms with Crippen LogP contribution in [0.15, 0.2) is 23.0 Å². The summed E-state index contributed by atoms with van der Waals surface area (Å²) in [4.78, 5) is 40.0. The molecule has 0 amide bonds. The summed E-state index contributed by atoms with van der Waals surface area (Å²) in [6.07, 6.45) is 9.85. The predicted octanol–water partition coefficient (Wildman–Crippen LogP) is 3.85. The van der Waals surface area contributed by atoms with Crippen LogP contribution in [0.1, 0.15) is 75.8 Å². The normalized spacial score (nSPS) is 23.3. The minimum absolute atomic E-state index is 0.0362. The van der Waals surface area contributed by atoms with E-state index in [2.05, 4.69) is 16.7 Å². The summed E-state index contributed by atoms with van der Waals surface area (Å²) in [5.74, 6) is 7.93. The number of nitrogens with zero attached hydrogens (tertiary/aromatic N) is 3. The molecule has 1 aromatic heterocycles. The lowest BCUT2D eigenvalue weighted by Gasteiger charge is -2.34. The number of aromatic nitrogens is 2. The highest BCUT2D eigenvalue weighted by Crippen LogP contribution is 2.28. The van der Waals surface area contributed by atoms with Crippen molar-refractivity contribution in [3.8, 4) is 11.8 Å². The second kappa shape index (κ2) is 9.92. The maximum Gasteiger partial charge on any atom is 0.329 e. The van der Waals surface area contributed by atoms with E-state index in [9.17, 15) is 14.4 Å². The lowest BCUT2D eigenvalue weighted by atomic mass is 9.88. The van der Waals surface area contributed by atoms with Crippen LogP contribution in [0.5, 0.6) is 0 Å². The first kappa shape index (κ1) is 23.1. The van der Waals surface area contributed by atoms with Crippen LogP contribution < -0.4 is 5.69 Å². The zero-order valence-corrected chi connectivity index (χ0v) is 20.2. The van der Waals surface area contributed by atoms with Crippen molar-refractivity contribution in [1.29, 1.82) is 0 Å². The van der Waals surface area contributed by atoms with Crippen molar-refractivity contribution in [2.75, 3.05) is 19.6 Å². The van der Waals surface area contributed by atoms with Gasteiger partial charge in [-0.3, -0.25) is 18.7 Å². The van der Waals surface area contributed by atoms with Crippen molar-refractivity contribution in [2.45, 2.75) is 70.3 Å². The van der Waals surface area contributed by atoms with Crippen LogP contribution in [0, 0.1) is 23.7 Å². The van der Waals surface area contributed by atoms with Gasteiger partial charge < -0.3 is 4.90 Å². The standard InChI is InChI=1S/C28H35N3O3/c1-29-27-22(11-10-20-14-16-30(17-15-20)19-21-6-3-2-4-7-21)8-5-9-25(27)31(28(29)34)24-13-12-23(32)18-26(24)33/h5,8-9,20-21,24H,2-4,6-7,12-19H2,1H3. The average molecular weight is 462 g/mol. The number of rotatable bonds is 3. The number of Topliss-reactive ketones (excluding diaryl/α,β-unsaturated/α-hetero) is 2. The molecule has 180 valence electrons. The number of piperidine rings is 1. The number of carbonyl (C=O) groups is 2. The molecular formula is C28H35N3O3. The third kappa shape index (κ3) is 4.63. The van der Waals surface area contributed by atoms with Crippen LogP contribution in [0.25, 0.3) is 11.0 Å². The summed E-state index contributed by atoms with van der Waals surface area (Å²) >= 11 is 0. The van der Waals surface area contributed by atoms with Crippen molar-refractivity contribution in [1.82, 2.24) is 14.0 Å². The zero-order valence-electron chi connectivity index (χ0n) is 20.2. The number of benzene rings is 1. The van der Waals surface area contributed by atoms with Gasteiger partial charge in [0, 0.05) is 25.9 Å². The van der Waals surface area contributed by atoms with E-state index in [1.165, 1.54) is 38.6 Å². The highest BCUT2D eigenvalue weighted by molar-refractivity contribution is 6.03. The van der Waals surface area contributed by atoms with E-state index < -0.39 is 6.04 Å². The molecule has 1 atom stereocenters. The zero-order chi connectivity index (χ0) is 23.7. The highest BCUT2D eigenvalue weighted by atomic mass is 16.2. The second-order valence-corrected chi connectivity index (χ2v) is 10.5. The molecule has 6 heteroatoms. The van der Waals surface area contributed by atoms with Gasteiger partial charge in [0.25, 0.3) is 0 Å². The Morgan fingerprint density at radius 2 is 1.74 bits per heavy atom. The molecule has 1 saturated heterocycles. The molecule has 2 aromatic rings. The third-order valence-corrected chi connectivity index (χ3v) is 8.09. The van der Waals surface area contributed by atoms with E-state index in [-0.39, 0.29) is 23.7 Å². The Kier molecular flexibility index (Phi) is 6.74. The second-order valence-electron chi connectivity index (χ2n) is 10.5. The van der Waals surface area contributed by atoms with Gasteiger partial charge >= 0.3 is 5.69 Å². The monoisotopic (exact) mass is 461 g/mol. The summed E-state index contributed by atoms with van der Waals surface area (Å²) in [6.45, 7) is 3.50. The maximum absolute atomic E-state index is 13.1. The topological polar surface area (TPSA) is 64.3 Å². The largest absolute Gasteiger partial charge is 0.329 e. The molecule has 6 nitrogen and oxygen atoms in total. The molecule has 0 bridgehead atoms. The van der Waals surface area contributed by atoms with Crippen LogP contribution in [0.2, 0.25) is 0 Å². The fourth-order valence-corrected chi connectivity index (χ4v) is 6.15. The van der Waals surface area contributed by atoms with Crippen LogP contribution >= 0.6 is 0 Å². The predicted molar refractivity (Wildman–Crippen MR) is 133 cm³/mol. The fraction of sp³-hybridized carbons (Fsp3) is 0.607. The Morgan fingerprint density at radius 1 is 0.971 bits per heavy atom. The quantitative estimate of drug-likeness (QED) is 0.515. The Balaban J connectivity index is 1.32. The molecule has 2 saturated carbocycles. The first-order chi connectivity index (χ1) is 16.5. The van der Waals surface area contributed by atoms with E-state index in [4.69, 9.17) is 0 Å². The molecular weight excluding hydrogens is 426 g/mol.